The van der Waals surface area contributed by atoms with Crippen LogP contribution in [0.15, 0.2) is 54.6 Å². The van der Waals surface area contributed by atoms with E-state index in [-0.39, 0.29) is 6.61 Å². The van der Waals surface area contributed by atoms with Crippen LogP contribution in [0.25, 0.3) is 0 Å². The molecule has 0 atom stereocenters. The molecule has 0 saturated heterocycles. The van der Waals surface area contributed by atoms with Crippen LogP contribution >= 0.6 is 0 Å². The van der Waals surface area contributed by atoms with Gasteiger partial charge in [-0.05, 0) is 31.2 Å². The number of ether oxygens (including phenoxy) is 1. The van der Waals surface area contributed by atoms with Gasteiger partial charge in [-0.1, -0.05) is 35.9 Å². The van der Waals surface area contributed by atoms with Gasteiger partial charge in [-0.3, -0.25) is 10.2 Å². The maximum Gasteiger partial charge on any atom is 0.337 e. The van der Waals surface area contributed by atoms with Crippen molar-refractivity contribution >= 4 is 17.6 Å². The van der Waals surface area contributed by atoms with Gasteiger partial charge in [-0.25, -0.2) is 10.2 Å². The molecule has 0 unspecified atom stereocenters. The normalized spacial score (nSPS) is 9.68. The smallest absolute Gasteiger partial charge is 0.337 e. The molecule has 0 aliphatic heterocycles. The summed E-state index contributed by atoms with van der Waals surface area (Å²) in [7, 11) is 0. The molecule has 22 heavy (non-hydrogen) atoms. The molecule has 0 aromatic heterocycles. The van der Waals surface area contributed by atoms with Gasteiger partial charge in [0.05, 0.1) is 0 Å². The van der Waals surface area contributed by atoms with Crippen molar-refractivity contribution in [2.24, 2.45) is 0 Å². The summed E-state index contributed by atoms with van der Waals surface area (Å²) in [5.41, 5.74) is 6.24. The Hall–Kier alpha value is -3.02. The molecule has 0 fully saturated rings. The Morgan fingerprint density at radius 3 is 2.32 bits per heavy atom. The SMILES string of the molecule is Cc1ccc(OCC(=O)NNC(=O)Nc2ccccc2)cc1. The zero-order valence-corrected chi connectivity index (χ0v) is 12.1. The van der Waals surface area contributed by atoms with Crippen LogP contribution in [-0.4, -0.2) is 18.5 Å². The maximum absolute atomic E-state index is 11.6. The zero-order chi connectivity index (χ0) is 15.8. The summed E-state index contributed by atoms with van der Waals surface area (Å²) in [6, 6.07) is 15.7. The molecule has 0 heterocycles. The van der Waals surface area contributed by atoms with Gasteiger partial charge in [0, 0.05) is 5.69 Å². The second-order valence-corrected chi connectivity index (χ2v) is 4.60. The van der Waals surface area contributed by atoms with Crippen LogP contribution in [0.3, 0.4) is 0 Å². The fourth-order valence-electron chi connectivity index (χ4n) is 1.63. The average Bonchev–Trinajstić information content (AvgIpc) is 2.53. The highest BCUT2D eigenvalue weighted by atomic mass is 16.5. The van der Waals surface area contributed by atoms with Gasteiger partial charge in [0.15, 0.2) is 6.61 Å². The van der Waals surface area contributed by atoms with E-state index in [1.54, 1.807) is 36.4 Å². The molecular weight excluding hydrogens is 282 g/mol. The summed E-state index contributed by atoms with van der Waals surface area (Å²) in [5.74, 6) is 0.137. The van der Waals surface area contributed by atoms with Crippen molar-refractivity contribution < 1.29 is 14.3 Å². The monoisotopic (exact) mass is 299 g/mol. The average molecular weight is 299 g/mol. The highest BCUT2D eigenvalue weighted by Gasteiger charge is 2.05. The van der Waals surface area contributed by atoms with Crippen molar-refractivity contribution in [1.29, 1.82) is 0 Å². The van der Waals surface area contributed by atoms with E-state index < -0.39 is 11.9 Å². The molecule has 0 aliphatic rings. The zero-order valence-electron chi connectivity index (χ0n) is 12.1. The standard InChI is InChI=1S/C16H17N3O3/c1-12-7-9-14(10-8-12)22-11-15(20)18-19-16(21)17-13-5-3-2-4-6-13/h2-10H,11H2,1H3,(H,18,20)(H2,17,19,21). The first-order chi connectivity index (χ1) is 10.6. The number of hydrogen-bond donors (Lipinski definition) is 3. The number of rotatable bonds is 4. The van der Waals surface area contributed by atoms with Crippen LogP contribution in [0.4, 0.5) is 10.5 Å². The molecule has 6 heteroatoms. The lowest BCUT2D eigenvalue weighted by Gasteiger charge is -2.10. The van der Waals surface area contributed by atoms with Crippen LogP contribution in [0.5, 0.6) is 5.75 Å². The third-order valence-corrected chi connectivity index (χ3v) is 2.74. The Morgan fingerprint density at radius 2 is 1.64 bits per heavy atom. The van der Waals surface area contributed by atoms with Crippen LogP contribution in [-0.2, 0) is 4.79 Å². The van der Waals surface area contributed by atoms with Gasteiger partial charge in [0.1, 0.15) is 5.75 Å². The molecule has 0 saturated carbocycles. The second-order valence-electron chi connectivity index (χ2n) is 4.60. The Morgan fingerprint density at radius 1 is 0.955 bits per heavy atom. The molecule has 0 bridgehead atoms. The predicted molar refractivity (Wildman–Crippen MR) is 83.4 cm³/mol. The van der Waals surface area contributed by atoms with E-state index in [2.05, 4.69) is 16.2 Å². The Labute approximate surface area is 128 Å². The summed E-state index contributed by atoms with van der Waals surface area (Å²) in [5, 5.41) is 2.57. The number of benzene rings is 2. The van der Waals surface area contributed by atoms with Crippen molar-refractivity contribution in [3.63, 3.8) is 0 Å². The number of hydrazine groups is 1. The largest absolute Gasteiger partial charge is 0.484 e. The third kappa shape index (κ3) is 5.16. The van der Waals surface area contributed by atoms with Crippen molar-refractivity contribution in [1.82, 2.24) is 10.9 Å². The number of urea groups is 1. The van der Waals surface area contributed by atoms with E-state index in [1.807, 2.05) is 25.1 Å². The minimum Gasteiger partial charge on any atom is -0.484 e. The lowest BCUT2D eigenvalue weighted by atomic mass is 10.2. The molecule has 2 aromatic carbocycles. The second kappa shape index (κ2) is 7.68. The van der Waals surface area contributed by atoms with Crippen LogP contribution in [0.2, 0.25) is 0 Å². The molecule has 2 rings (SSSR count). The van der Waals surface area contributed by atoms with Gasteiger partial charge < -0.3 is 10.1 Å². The molecule has 114 valence electrons. The lowest BCUT2D eigenvalue weighted by molar-refractivity contribution is -0.123. The number of carbonyl (C=O) groups excluding carboxylic acids is 2. The number of amides is 3. The van der Waals surface area contributed by atoms with E-state index in [1.165, 1.54) is 0 Å². The van der Waals surface area contributed by atoms with Crippen molar-refractivity contribution in [3.8, 4) is 5.75 Å². The first-order valence-electron chi connectivity index (χ1n) is 6.74. The number of aryl methyl sites for hydroxylation is 1. The lowest BCUT2D eigenvalue weighted by Crippen LogP contribution is -2.45. The van der Waals surface area contributed by atoms with Gasteiger partial charge in [-0.2, -0.15) is 0 Å². The number of hydrogen-bond acceptors (Lipinski definition) is 3. The van der Waals surface area contributed by atoms with E-state index in [4.69, 9.17) is 4.74 Å². The molecule has 2 aromatic rings. The van der Waals surface area contributed by atoms with Gasteiger partial charge in [0.25, 0.3) is 5.91 Å². The fraction of sp³-hybridized carbons (Fsp3) is 0.125. The Bertz CT molecular complexity index is 627. The molecule has 0 radical (unpaired) electrons. The third-order valence-electron chi connectivity index (χ3n) is 2.74. The molecule has 3 amide bonds. The van der Waals surface area contributed by atoms with Crippen molar-refractivity contribution in [3.05, 3.63) is 60.2 Å². The maximum atomic E-state index is 11.6. The minimum absolute atomic E-state index is 0.186. The van der Waals surface area contributed by atoms with Gasteiger partial charge >= 0.3 is 6.03 Å². The summed E-state index contributed by atoms with van der Waals surface area (Å²) >= 11 is 0. The highest BCUT2D eigenvalue weighted by Crippen LogP contribution is 2.10. The molecule has 0 spiro atoms. The van der Waals surface area contributed by atoms with Crippen molar-refractivity contribution in [2.75, 3.05) is 11.9 Å². The number of para-hydroxylation sites is 1. The highest BCUT2D eigenvalue weighted by molar-refractivity contribution is 5.91. The van der Waals surface area contributed by atoms with Gasteiger partial charge in [-0.15, -0.1) is 0 Å². The minimum atomic E-state index is -0.533. The molecule has 0 aliphatic carbocycles. The number of anilines is 1. The Balaban J connectivity index is 1.69. The van der Waals surface area contributed by atoms with Crippen LogP contribution in [0.1, 0.15) is 5.56 Å². The summed E-state index contributed by atoms with van der Waals surface area (Å²) in [6.07, 6.45) is 0. The fourth-order valence-corrected chi connectivity index (χ4v) is 1.63. The summed E-state index contributed by atoms with van der Waals surface area (Å²) in [6.45, 7) is 1.78. The van der Waals surface area contributed by atoms with E-state index in [0.29, 0.717) is 11.4 Å². The Kier molecular flexibility index (Phi) is 5.37. The molecule has 6 nitrogen and oxygen atoms in total. The number of nitrogens with one attached hydrogen (secondary N) is 3. The summed E-state index contributed by atoms with van der Waals surface area (Å²) in [4.78, 5) is 23.1. The van der Waals surface area contributed by atoms with Crippen LogP contribution in [0, 0.1) is 6.92 Å². The topological polar surface area (TPSA) is 79.5 Å². The van der Waals surface area contributed by atoms with E-state index in [9.17, 15) is 9.59 Å². The first-order valence-corrected chi connectivity index (χ1v) is 6.74. The summed E-state index contributed by atoms with van der Waals surface area (Å²) < 4.78 is 5.29. The molecular formula is C16H17N3O3. The predicted octanol–water partition coefficient (Wildman–Crippen LogP) is 2.23. The number of carbonyl (C=O) groups is 2. The van der Waals surface area contributed by atoms with E-state index >= 15 is 0 Å². The quantitative estimate of drug-likeness (QED) is 0.757. The molecule has 3 N–H and O–H groups in total. The van der Waals surface area contributed by atoms with Crippen LogP contribution < -0.4 is 20.9 Å². The van der Waals surface area contributed by atoms with Crippen molar-refractivity contribution in [2.45, 2.75) is 6.92 Å². The van der Waals surface area contributed by atoms with E-state index in [0.717, 1.165) is 5.56 Å². The first kappa shape index (κ1) is 15.4. The van der Waals surface area contributed by atoms with Gasteiger partial charge in [0.2, 0.25) is 0 Å².